The highest BCUT2D eigenvalue weighted by Gasteiger charge is 2.35. The molecular formula is C12H25N3. The Morgan fingerprint density at radius 1 is 1.40 bits per heavy atom. The van der Waals surface area contributed by atoms with E-state index in [1.54, 1.807) is 0 Å². The first-order chi connectivity index (χ1) is 7.22. The number of piperazine rings is 1. The minimum atomic E-state index is 0.674. The van der Waals surface area contributed by atoms with E-state index in [4.69, 9.17) is 0 Å². The van der Waals surface area contributed by atoms with Crippen LogP contribution in [0.3, 0.4) is 0 Å². The lowest BCUT2D eigenvalue weighted by molar-refractivity contribution is 0.0337. The Morgan fingerprint density at radius 3 is 2.93 bits per heavy atom. The number of likely N-dealkylation sites (N-methyl/N-ethyl adjacent to an activating group) is 1. The van der Waals surface area contributed by atoms with E-state index in [2.05, 4.69) is 29.0 Å². The quantitative estimate of drug-likeness (QED) is 0.743. The van der Waals surface area contributed by atoms with E-state index < -0.39 is 0 Å². The van der Waals surface area contributed by atoms with Crippen LogP contribution in [0.25, 0.3) is 0 Å². The van der Waals surface area contributed by atoms with Crippen LogP contribution in [-0.2, 0) is 0 Å². The first kappa shape index (κ1) is 11.4. The van der Waals surface area contributed by atoms with E-state index in [9.17, 15) is 0 Å². The second-order valence-corrected chi connectivity index (χ2v) is 5.24. The Labute approximate surface area is 93.8 Å². The Bertz CT molecular complexity index is 207. The SMILES string of the molecule is CNCC(C)N1CC2CCCN2CC1C. The van der Waals surface area contributed by atoms with Gasteiger partial charge in [-0.1, -0.05) is 0 Å². The molecule has 2 rings (SSSR count). The zero-order valence-electron chi connectivity index (χ0n) is 10.4. The topological polar surface area (TPSA) is 18.5 Å². The van der Waals surface area contributed by atoms with E-state index in [1.807, 2.05) is 7.05 Å². The van der Waals surface area contributed by atoms with Gasteiger partial charge < -0.3 is 5.32 Å². The molecule has 2 fully saturated rings. The maximum atomic E-state index is 3.29. The minimum Gasteiger partial charge on any atom is -0.318 e. The van der Waals surface area contributed by atoms with Gasteiger partial charge in [-0.15, -0.1) is 0 Å². The van der Waals surface area contributed by atoms with Crippen LogP contribution >= 0.6 is 0 Å². The molecule has 2 saturated heterocycles. The van der Waals surface area contributed by atoms with Crippen LogP contribution < -0.4 is 5.32 Å². The predicted molar refractivity (Wildman–Crippen MR) is 64.2 cm³/mol. The van der Waals surface area contributed by atoms with E-state index in [0.29, 0.717) is 6.04 Å². The smallest absolute Gasteiger partial charge is 0.0224 e. The fourth-order valence-electron chi connectivity index (χ4n) is 3.24. The number of nitrogens with one attached hydrogen (secondary N) is 1. The number of fused-ring (bicyclic) bond motifs is 1. The van der Waals surface area contributed by atoms with Crippen LogP contribution in [0.4, 0.5) is 0 Å². The van der Waals surface area contributed by atoms with Crippen LogP contribution in [0.5, 0.6) is 0 Å². The van der Waals surface area contributed by atoms with E-state index in [0.717, 1.165) is 18.6 Å². The molecule has 1 N–H and O–H groups in total. The first-order valence-corrected chi connectivity index (χ1v) is 6.36. The van der Waals surface area contributed by atoms with Gasteiger partial charge >= 0.3 is 0 Å². The highest BCUT2D eigenvalue weighted by molar-refractivity contribution is 4.92. The molecule has 0 bridgehead atoms. The summed E-state index contributed by atoms with van der Waals surface area (Å²) in [6.07, 6.45) is 2.82. The summed E-state index contributed by atoms with van der Waals surface area (Å²) in [5.74, 6) is 0. The van der Waals surface area contributed by atoms with Crippen molar-refractivity contribution in [2.45, 2.75) is 44.8 Å². The van der Waals surface area contributed by atoms with Crippen molar-refractivity contribution in [1.82, 2.24) is 15.1 Å². The first-order valence-electron chi connectivity index (χ1n) is 6.36. The normalized spacial score (nSPS) is 35.4. The van der Waals surface area contributed by atoms with Crippen molar-refractivity contribution >= 4 is 0 Å². The second kappa shape index (κ2) is 4.81. The van der Waals surface area contributed by atoms with Crippen molar-refractivity contribution < 1.29 is 0 Å². The summed E-state index contributed by atoms with van der Waals surface area (Å²) in [6.45, 7) is 9.72. The lowest BCUT2D eigenvalue weighted by Gasteiger charge is -2.45. The third-order valence-corrected chi connectivity index (χ3v) is 4.05. The molecule has 3 atom stereocenters. The number of hydrogen-bond acceptors (Lipinski definition) is 3. The standard InChI is InChI=1S/C12H25N3/c1-10(7-13-3)15-9-12-5-4-6-14(12)8-11(15)2/h10-13H,4-9H2,1-3H3. The highest BCUT2D eigenvalue weighted by Crippen LogP contribution is 2.25. The van der Waals surface area contributed by atoms with Gasteiger partial charge in [-0.05, 0) is 40.3 Å². The average molecular weight is 211 g/mol. The van der Waals surface area contributed by atoms with Gasteiger partial charge in [0.25, 0.3) is 0 Å². The van der Waals surface area contributed by atoms with Gasteiger partial charge in [-0.3, -0.25) is 9.80 Å². The van der Waals surface area contributed by atoms with E-state index in [1.165, 1.54) is 32.5 Å². The largest absolute Gasteiger partial charge is 0.318 e. The summed E-state index contributed by atoms with van der Waals surface area (Å²) in [7, 11) is 2.05. The van der Waals surface area contributed by atoms with Gasteiger partial charge in [0.1, 0.15) is 0 Å². The van der Waals surface area contributed by atoms with Crippen molar-refractivity contribution in [1.29, 1.82) is 0 Å². The number of hydrogen-bond donors (Lipinski definition) is 1. The summed E-state index contributed by atoms with van der Waals surface area (Å²) in [5.41, 5.74) is 0. The van der Waals surface area contributed by atoms with Crippen molar-refractivity contribution in [2.75, 3.05) is 33.2 Å². The summed E-state index contributed by atoms with van der Waals surface area (Å²) in [6, 6.07) is 2.25. The molecule has 3 nitrogen and oxygen atoms in total. The molecule has 2 heterocycles. The monoisotopic (exact) mass is 211 g/mol. The average Bonchev–Trinajstić information content (AvgIpc) is 2.63. The lowest BCUT2D eigenvalue weighted by Crippen LogP contribution is -2.58. The molecule has 0 aliphatic carbocycles. The van der Waals surface area contributed by atoms with Crippen LogP contribution in [0.2, 0.25) is 0 Å². The van der Waals surface area contributed by atoms with Gasteiger partial charge in [0.05, 0.1) is 0 Å². The molecule has 0 spiro atoms. The van der Waals surface area contributed by atoms with Gasteiger partial charge in [0.15, 0.2) is 0 Å². The minimum absolute atomic E-state index is 0.674. The fourth-order valence-corrected chi connectivity index (χ4v) is 3.24. The van der Waals surface area contributed by atoms with E-state index in [-0.39, 0.29) is 0 Å². The molecule has 3 heteroatoms. The highest BCUT2D eigenvalue weighted by atomic mass is 15.3. The maximum Gasteiger partial charge on any atom is 0.0224 e. The molecular weight excluding hydrogens is 186 g/mol. The molecule has 0 saturated carbocycles. The molecule has 0 aromatic rings. The molecule has 3 unspecified atom stereocenters. The molecule has 0 aromatic carbocycles. The Kier molecular flexibility index (Phi) is 3.65. The Hall–Kier alpha value is -0.120. The van der Waals surface area contributed by atoms with Gasteiger partial charge in [-0.25, -0.2) is 0 Å². The van der Waals surface area contributed by atoms with Gasteiger partial charge in [0.2, 0.25) is 0 Å². The van der Waals surface area contributed by atoms with Crippen molar-refractivity contribution in [2.24, 2.45) is 0 Å². The summed E-state index contributed by atoms with van der Waals surface area (Å²) in [5, 5.41) is 3.29. The molecule has 0 radical (unpaired) electrons. The molecule has 0 amide bonds. The third kappa shape index (κ3) is 2.35. The Morgan fingerprint density at radius 2 is 2.20 bits per heavy atom. The van der Waals surface area contributed by atoms with Crippen LogP contribution in [0, 0.1) is 0 Å². The van der Waals surface area contributed by atoms with Crippen molar-refractivity contribution in [3.63, 3.8) is 0 Å². The van der Waals surface area contributed by atoms with Crippen LogP contribution in [0.1, 0.15) is 26.7 Å². The fraction of sp³-hybridized carbons (Fsp3) is 1.00. The maximum absolute atomic E-state index is 3.29. The summed E-state index contributed by atoms with van der Waals surface area (Å²) >= 11 is 0. The van der Waals surface area contributed by atoms with Crippen molar-refractivity contribution in [3.8, 4) is 0 Å². The number of rotatable bonds is 3. The van der Waals surface area contributed by atoms with Gasteiger partial charge in [0, 0.05) is 37.8 Å². The van der Waals surface area contributed by atoms with Crippen LogP contribution in [-0.4, -0.2) is 61.2 Å². The molecule has 88 valence electrons. The van der Waals surface area contributed by atoms with Crippen LogP contribution in [0.15, 0.2) is 0 Å². The molecule has 2 aliphatic heterocycles. The number of nitrogens with zero attached hydrogens (tertiary/aromatic N) is 2. The summed E-state index contributed by atoms with van der Waals surface area (Å²) in [4.78, 5) is 5.37. The zero-order chi connectivity index (χ0) is 10.8. The van der Waals surface area contributed by atoms with Gasteiger partial charge in [-0.2, -0.15) is 0 Å². The Balaban J connectivity index is 1.94. The third-order valence-electron chi connectivity index (χ3n) is 4.05. The zero-order valence-corrected chi connectivity index (χ0v) is 10.4. The molecule has 15 heavy (non-hydrogen) atoms. The second-order valence-electron chi connectivity index (χ2n) is 5.24. The van der Waals surface area contributed by atoms with E-state index >= 15 is 0 Å². The molecule has 2 aliphatic rings. The predicted octanol–water partition coefficient (Wildman–Crippen LogP) is 0.763. The van der Waals surface area contributed by atoms with Crippen molar-refractivity contribution in [3.05, 3.63) is 0 Å². The lowest BCUT2D eigenvalue weighted by atomic mass is 10.1. The summed E-state index contributed by atoms with van der Waals surface area (Å²) < 4.78 is 0. The molecule has 0 aromatic heterocycles.